The maximum Gasteiger partial charge on any atom is 0.229 e. The first-order chi connectivity index (χ1) is 17.9. The minimum atomic E-state index is -0.478. The number of fused-ring (bicyclic) bond motifs is 1. The second-order valence-corrected chi connectivity index (χ2v) is 9.46. The van der Waals surface area contributed by atoms with E-state index in [1.807, 2.05) is 6.92 Å². The number of rotatable bonds is 6. The minimum absolute atomic E-state index is 0.0129. The summed E-state index contributed by atoms with van der Waals surface area (Å²) in [6, 6.07) is 3.35. The highest BCUT2D eigenvalue weighted by atomic mass is 19.1. The monoisotopic (exact) mass is 506 g/mol. The van der Waals surface area contributed by atoms with Gasteiger partial charge >= 0.3 is 0 Å². The molecule has 1 aliphatic heterocycles. The molecule has 2 atom stereocenters. The van der Waals surface area contributed by atoms with E-state index in [4.69, 9.17) is 4.74 Å². The lowest BCUT2D eigenvalue weighted by molar-refractivity contribution is -0.117. The molecule has 1 N–H and O–H groups in total. The molecule has 4 aromatic heterocycles. The molecule has 2 fully saturated rings. The number of ether oxygens (including phenoxy) is 1. The molecule has 5 heterocycles. The Morgan fingerprint density at radius 3 is 2.59 bits per heavy atom. The van der Waals surface area contributed by atoms with Crippen molar-refractivity contribution in [1.29, 1.82) is 0 Å². The number of amides is 1. The highest BCUT2D eigenvalue weighted by molar-refractivity contribution is 5.95. The third-order valence-corrected chi connectivity index (χ3v) is 6.84. The Morgan fingerprint density at radius 1 is 1.22 bits per heavy atom. The number of nitrogens with one attached hydrogen (secondary N) is 1. The molecule has 37 heavy (non-hydrogen) atoms. The molecule has 6 rings (SSSR count). The van der Waals surface area contributed by atoms with Crippen LogP contribution >= 0.6 is 0 Å². The van der Waals surface area contributed by atoms with Crippen LogP contribution in [0.25, 0.3) is 16.8 Å². The van der Waals surface area contributed by atoms with Gasteiger partial charge in [-0.2, -0.15) is 5.10 Å². The number of pyridine rings is 1. The molecule has 1 saturated heterocycles. The molecule has 1 aliphatic carbocycles. The Bertz CT molecular complexity index is 1410. The van der Waals surface area contributed by atoms with Crippen molar-refractivity contribution >= 4 is 17.2 Å². The average molecular weight is 507 g/mol. The first-order valence-corrected chi connectivity index (χ1v) is 12.4. The SMILES string of the molecule is CCN1CCC1.COc1cnn(C)c1-c1cc2cc(NC(=O)C3CC3c3ncc(C)cn3)nn2cc1F. The molecule has 11 heteroatoms. The molecule has 0 spiro atoms. The first kappa shape index (κ1) is 24.8. The van der Waals surface area contributed by atoms with Crippen molar-refractivity contribution in [2.75, 3.05) is 32.1 Å². The molecular formula is C26H31FN8O2. The summed E-state index contributed by atoms with van der Waals surface area (Å²) in [5.41, 5.74) is 2.46. The quantitative estimate of drug-likeness (QED) is 0.427. The van der Waals surface area contributed by atoms with Gasteiger partial charge in [0.05, 0.1) is 25.0 Å². The van der Waals surface area contributed by atoms with Crippen LogP contribution in [0.5, 0.6) is 5.75 Å². The van der Waals surface area contributed by atoms with Crippen LogP contribution < -0.4 is 10.1 Å². The Labute approximate surface area is 214 Å². The predicted octanol–water partition coefficient (Wildman–Crippen LogP) is 3.44. The number of nitrogens with zero attached hydrogens (tertiary/aromatic N) is 7. The van der Waals surface area contributed by atoms with Crippen LogP contribution in [0.4, 0.5) is 10.2 Å². The molecule has 194 valence electrons. The lowest BCUT2D eigenvalue weighted by Crippen LogP contribution is -2.36. The van der Waals surface area contributed by atoms with Crippen molar-refractivity contribution < 1.29 is 13.9 Å². The maximum atomic E-state index is 14.8. The molecule has 0 radical (unpaired) electrons. The van der Waals surface area contributed by atoms with Crippen LogP contribution in [-0.4, -0.2) is 66.9 Å². The summed E-state index contributed by atoms with van der Waals surface area (Å²) in [5.74, 6) is 0.696. The molecule has 0 aromatic carbocycles. The van der Waals surface area contributed by atoms with Crippen molar-refractivity contribution in [2.24, 2.45) is 13.0 Å². The lowest BCUT2D eigenvalue weighted by Gasteiger charge is -2.28. The smallest absolute Gasteiger partial charge is 0.229 e. The van der Waals surface area contributed by atoms with Gasteiger partial charge < -0.3 is 15.0 Å². The molecule has 0 bridgehead atoms. The van der Waals surface area contributed by atoms with Crippen molar-refractivity contribution in [2.45, 2.75) is 32.6 Å². The average Bonchev–Trinajstić information content (AvgIpc) is 3.43. The van der Waals surface area contributed by atoms with Crippen molar-refractivity contribution in [3.05, 3.63) is 54.1 Å². The zero-order valence-electron chi connectivity index (χ0n) is 21.5. The van der Waals surface area contributed by atoms with Crippen molar-refractivity contribution in [1.82, 2.24) is 34.3 Å². The number of hydrogen-bond acceptors (Lipinski definition) is 7. The Hall–Kier alpha value is -3.86. The zero-order chi connectivity index (χ0) is 26.1. The van der Waals surface area contributed by atoms with E-state index in [0.717, 1.165) is 5.56 Å². The highest BCUT2D eigenvalue weighted by Crippen LogP contribution is 2.46. The molecule has 2 unspecified atom stereocenters. The molecule has 10 nitrogen and oxygen atoms in total. The fraction of sp³-hybridized carbons (Fsp3) is 0.423. The summed E-state index contributed by atoms with van der Waals surface area (Å²) >= 11 is 0. The third kappa shape index (κ3) is 5.17. The van der Waals surface area contributed by atoms with Crippen LogP contribution in [0, 0.1) is 18.7 Å². The number of methoxy groups -OCH3 is 1. The van der Waals surface area contributed by atoms with E-state index >= 15 is 0 Å². The normalized spacial score (nSPS) is 18.6. The van der Waals surface area contributed by atoms with Gasteiger partial charge in [-0.15, -0.1) is 5.10 Å². The van der Waals surface area contributed by atoms with Crippen LogP contribution in [0.3, 0.4) is 0 Å². The zero-order valence-corrected chi connectivity index (χ0v) is 21.5. The Morgan fingerprint density at radius 2 is 1.97 bits per heavy atom. The first-order valence-electron chi connectivity index (χ1n) is 12.4. The van der Waals surface area contributed by atoms with Gasteiger partial charge in [0.2, 0.25) is 5.91 Å². The van der Waals surface area contributed by atoms with Gasteiger partial charge in [-0.1, -0.05) is 6.92 Å². The van der Waals surface area contributed by atoms with E-state index in [0.29, 0.717) is 40.6 Å². The number of anilines is 1. The number of aryl methyl sites for hydroxylation is 2. The van der Waals surface area contributed by atoms with E-state index in [1.165, 1.54) is 50.1 Å². The number of aromatic nitrogens is 6. The van der Waals surface area contributed by atoms with Crippen molar-refractivity contribution in [3.63, 3.8) is 0 Å². The number of halogens is 1. The van der Waals surface area contributed by atoms with Gasteiger partial charge in [0.15, 0.2) is 17.4 Å². The molecule has 1 amide bonds. The predicted molar refractivity (Wildman–Crippen MR) is 137 cm³/mol. The Balaban J connectivity index is 0.000000412. The topological polar surface area (TPSA) is 102 Å². The second kappa shape index (κ2) is 10.3. The minimum Gasteiger partial charge on any atom is -0.493 e. The molecule has 1 saturated carbocycles. The van der Waals surface area contributed by atoms with E-state index in [2.05, 4.69) is 37.3 Å². The van der Waals surface area contributed by atoms with Crippen LogP contribution in [0.15, 0.2) is 36.9 Å². The van der Waals surface area contributed by atoms with Crippen molar-refractivity contribution in [3.8, 4) is 17.0 Å². The number of carbonyl (C=O) groups is 1. The highest BCUT2D eigenvalue weighted by Gasteiger charge is 2.46. The summed E-state index contributed by atoms with van der Waals surface area (Å²) in [6.45, 7) is 8.06. The molecule has 2 aliphatic rings. The van der Waals surface area contributed by atoms with Gasteiger partial charge in [-0.05, 0) is 51.0 Å². The number of likely N-dealkylation sites (tertiary alicyclic amines) is 1. The summed E-state index contributed by atoms with van der Waals surface area (Å²) in [7, 11) is 3.23. The number of carbonyl (C=O) groups excluding carboxylic acids is 1. The van der Waals surface area contributed by atoms with Gasteiger partial charge in [-0.25, -0.2) is 18.9 Å². The van der Waals surface area contributed by atoms with Crippen LogP contribution in [-0.2, 0) is 11.8 Å². The fourth-order valence-electron chi connectivity index (χ4n) is 4.41. The summed E-state index contributed by atoms with van der Waals surface area (Å²) in [6.07, 6.45) is 8.43. The van der Waals surface area contributed by atoms with Crippen LogP contribution in [0.1, 0.15) is 37.1 Å². The van der Waals surface area contributed by atoms with E-state index in [9.17, 15) is 9.18 Å². The maximum absolute atomic E-state index is 14.8. The van der Waals surface area contributed by atoms with Crippen LogP contribution in [0.2, 0.25) is 0 Å². The Kier molecular flexibility index (Phi) is 6.88. The summed E-state index contributed by atoms with van der Waals surface area (Å²) < 4.78 is 23.0. The van der Waals surface area contributed by atoms with E-state index < -0.39 is 5.82 Å². The lowest BCUT2D eigenvalue weighted by atomic mass is 10.1. The summed E-state index contributed by atoms with van der Waals surface area (Å²) in [4.78, 5) is 23.7. The van der Waals surface area contributed by atoms with Gasteiger partial charge in [-0.3, -0.25) is 9.48 Å². The standard InChI is InChI=1S/C21H20FN7O2.C5H11N/c1-11-7-23-20(24-8-11)13-6-14(13)21(30)26-18-5-12-4-15(16(22)10-29(12)27-18)19-17(31-3)9-25-28(19)2;1-2-6-4-3-5-6/h4-5,7-10,13-14H,6H2,1-3H3,(H,26,27,30);2-5H2,1H3. The molecule has 4 aromatic rings. The third-order valence-electron chi connectivity index (χ3n) is 6.84. The largest absolute Gasteiger partial charge is 0.493 e. The fourth-order valence-corrected chi connectivity index (χ4v) is 4.41. The van der Waals surface area contributed by atoms with E-state index in [-0.39, 0.29) is 17.7 Å². The van der Waals surface area contributed by atoms with Gasteiger partial charge in [0, 0.05) is 42.9 Å². The second-order valence-electron chi connectivity index (χ2n) is 9.46. The van der Waals surface area contributed by atoms with Gasteiger partial charge in [0.1, 0.15) is 11.5 Å². The van der Waals surface area contributed by atoms with E-state index in [1.54, 1.807) is 36.3 Å². The van der Waals surface area contributed by atoms with Gasteiger partial charge in [0.25, 0.3) is 0 Å². The number of hydrogen-bond donors (Lipinski definition) is 1. The summed E-state index contributed by atoms with van der Waals surface area (Å²) in [5, 5.41) is 11.2. The molecular weight excluding hydrogens is 475 g/mol.